The Balaban J connectivity index is 1.59. The first-order valence-electron chi connectivity index (χ1n) is 9.01. The number of benzene rings is 1. The van der Waals surface area contributed by atoms with Crippen LogP contribution in [-0.4, -0.2) is 45.7 Å². The Kier molecular flexibility index (Phi) is 4.29. The van der Waals surface area contributed by atoms with Gasteiger partial charge in [0, 0.05) is 6.54 Å². The van der Waals surface area contributed by atoms with E-state index in [0.29, 0.717) is 24.1 Å². The Labute approximate surface area is 146 Å². The quantitative estimate of drug-likeness (QED) is 0.836. The lowest BCUT2D eigenvalue weighted by Gasteiger charge is -2.43. The first kappa shape index (κ1) is 16.3. The SMILES string of the molecule is Cc1cccc2c(=O)n(CC(=O)N3CCO[C@H]4CCCC[C@H]43)cnc12. The Bertz CT molecular complexity index is 859. The maximum atomic E-state index is 12.9. The van der Waals surface area contributed by atoms with Crippen LogP contribution in [0.4, 0.5) is 0 Å². The molecule has 2 atom stereocenters. The van der Waals surface area contributed by atoms with Crippen LogP contribution in [0.25, 0.3) is 10.9 Å². The standard InChI is InChI=1S/C19H23N3O3/c1-13-5-4-6-14-18(13)20-12-21(19(14)24)11-17(23)22-9-10-25-16-8-3-2-7-15(16)22/h4-6,12,15-16H,2-3,7-11H2,1H3/t15-,16+/m1/s1. The van der Waals surface area contributed by atoms with E-state index in [0.717, 1.165) is 31.2 Å². The Hall–Kier alpha value is -2.21. The van der Waals surface area contributed by atoms with Crippen molar-refractivity contribution in [2.45, 2.75) is 51.3 Å². The predicted octanol–water partition coefficient (Wildman–Crippen LogP) is 1.87. The van der Waals surface area contributed by atoms with Gasteiger partial charge < -0.3 is 9.64 Å². The molecule has 0 spiro atoms. The average Bonchev–Trinajstić information content (AvgIpc) is 2.64. The molecule has 1 aliphatic heterocycles. The third-order valence-corrected chi connectivity index (χ3v) is 5.41. The average molecular weight is 341 g/mol. The van der Waals surface area contributed by atoms with Crippen molar-refractivity contribution >= 4 is 16.8 Å². The molecule has 2 fully saturated rings. The maximum absolute atomic E-state index is 12.9. The number of amides is 1. The number of morpholine rings is 1. The van der Waals surface area contributed by atoms with Crippen LogP contribution in [0.2, 0.25) is 0 Å². The molecule has 6 heteroatoms. The van der Waals surface area contributed by atoms with Crippen molar-refractivity contribution in [3.63, 3.8) is 0 Å². The fourth-order valence-electron chi connectivity index (χ4n) is 4.09. The number of aryl methyl sites for hydroxylation is 1. The normalized spacial score (nSPS) is 23.5. The number of aromatic nitrogens is 2. The van der Waals surface area contributed by atoms with E-state index in [-0.39, 0.29) is 30.2 Å². The molecule has 0 N–H and O–H groups in total. The zero-order valence-corrected chi connectivity index (χ0v) is 14.5. The molecule has 1 aromatic carbocycles. The van der Waals surface area contributed by atoms with Crippen LogP contribution in [0, 0.1) is 6.92 Å². The van der Waals surface area contributed by atoms with E-state index < -0.39 is 0 Å². The molecule has 2 aromatic rings. The van der Waals surface area contributed by atoms with E-state index in [9.17, 15) is 9.59 Å². The van der Waals surface area contributed by atoms with Gasteiger partial charge in [-0.3, -0.25) is 14.2 Å². The summed E-state index contributed by atoms with van der Waals surface area (Å²) in [5.41, 5.74) is 1.51. The summed E-state index contributed by atoms with van der Waals surface area (Å²) < 4.78 is 7.26. The summed E-state index contributed by atoms with van der Waals surface area (Å²) in [6, 6.07) is 5.70. The highest BCUT2D eigenvalue weighted by atomic mass is 16.5. The van der Waals surface area contributed by atoms with Crippen LogP contribution < -0.4 is 5.56 Å². The molecule has 1 aliphatic carbocycles. The summed E-state index contributed by atoms with van der Waals surface area (Å²) in [5.74, 6) is -0.0175. The monoisotopic (exact) mass is 341 g/mol. The number of para-hydroxylation sites is 1. The van der Waals surface area contributed by atoms with Crippen molar-refractivity contribution in [2.75, 3.05) is 13.2 Å². The van der Waals surface area contributed by atoms with Crippen molar-refractivity contribution in [2.24, 2.45) is 0 Å². The van der Waals surface area contributed by atoms with Gasteiger partial charge in [-0.2, -0.15) is 0 Å². The summed E-state index contributed by atoms with van der Waals surface area (Å²) in [6.07, 6.45) is 5.95. The van der Waals surface area contributed by atoms with Crippen molar-refractivity contribution in [1.29, 1.82) is 0 Å². The lowest BCUT2D eigenvalue weighted by molar-refractivity contribution is -0.150. The largest absolute Gasteiger partial charge is 0.374 e. The van der Waals surface area contributed by atoms with Crippen LogP contribution in [-0.2, 0) is 16.1 Å². The Morgan fingerprint density at radius 3 is 3.04 bits per heavy atom. The molecule has 2 heterocycles. The van der Waals surface area contributed by atoms with Crippen molar-refractivity contribution in [3.8, 4) is 0 Å². The smallest absolute Gasteiger partial charge is 0.261 e. The summed E-state index contributed by atoms with van der Waals surface area (Å²) in [7, 11) is 0. The van der Waals surface area contributed by atoms with Crippen LogP contribution >= 0.6 is 0 Å². The highest BCUT2D eigenvalue weighted by Gasteiger charge is 2.36. The lowest BCUT2D eigenvalue weighted by atomic mass is 9.90. The molecule has 132 valence electrons. The summed E-state index contributed by atoms with van der Waals surface area (Å²) in [5, 5.41) is 0.563. The molecule has 0 unspecified atom stereocenters. The number of hydrogen-bond acceptors (Lipinski definition) is 4. The lowest BCUT2D eigenvalue weighted by Crippen LogP contribution is -2.55. The number of carbonyl (C=O) groups is 1. The molecule has 1 saturated carbocycles. The minimum absolute atomic E-state index is 0.0175. The van der Waals surface area contributed by atoms with Gasteiger partial charge in [-0.15, -0.1) is 0 Å². The van der Waals surface area contributed by atoms with Gasteiger partial charge in [0.25, 0.3) is 5.56 Å². The summed E-state index contributed by atoms with van der Waals surface area (Å²) in [4.78, 5) is 31.9. The van der Waals surface area contributed by atoms with Crippen LogP contribution in [0.3, 0.4) is 0 Å². The van der Waals surface area contributed by atoms with Crippen LogP contribution in [0.1, 0.15) is 31.2 Å². The number of nitrogens with zero attached hydrogens (tertiary/aromatic N) is 3. The van der Waals surface area contributed by atoms with E-state index in [1.165, 1.54) is 10.9 Å². The summed E-state index contributed by atoms with van der Waals surface area (Å²) >= 11 is 0. The molecule has 4 rings (SSSR count). The molecule has 0 bridgehead atoms. The zero-order chi connectivity index (χ0) is 17.4. The molecule has 1 aromatic heterocycles. The fourth-order valence-corrected chi connectivity index (χ4v) is 4.09. The van der Waals surface area contributed by atoms with E-state index in [1.54, 1.807) is 6.07 Å². The molecule has 1 amide bonds. The first-order valence-corrected chi connectivity index (χ1v) is 9.01. The third-order valence-electron chi connectivity index (χ3n) is 5.41. The minimum Gasteiger partial charge on any atom is -0.374 e. The van der Waals surface area contributed by atoms with Gasteiger partial charge in [0.05, 0.1) is 36.0 Å². The van der Waals surface area contributed by atoms with Crippen molar-refractivity contribution < 1.29 is 9.53 Å². The molecule has 25 heavy (non-hydrogen) atoms. The van der Waals surface area contributed by atoms with Gasteiger partial charge in [0.15, 0.2) is 0 Å². The number of hydrogen-bond donors (Lipinski definition) is 0. The van der Waals surface area contributed by atoms with E-state index in [4.69, 9.17) is 4.74 Å². The van der Waals surface area contributed by atoms with Crippen molar-refractivity contribution in [3.05, 3.63) is 40.4 Å². The minimum atomic E-state index is -0.157. The first-order chi connectivity index (χ1) is 12.1. The number of carbonyl (C=O) groups excluding carboxylic acids is 1. The molecule has 0 radical (unpaired) electrons. The molecule has 2 aliphatic rings. The summed E-state index contributed by atoms with van der Waals surface area (Å²) in [6.45, 7) is 3.16. The van der Waals surface area contributed by atoms with Crippen molar-refractivity contribution in [1.82, 2.24) is 14.5 Å². The van der Waals surface area contributed by atoms with Gasteiger partial charge >= 0.3 is 0 Å². The number of ether oxygens (including phenoxy) is 1. The Morgan fingerprint density at radius 2 is 2.16 bits per heavy atom. The molecule has 1 saturated heterocycles. The third kappa shape index (κ3) is 2.95. The van der Waals surface area contributed by atoms with E-state index >= 15 is 0 Å². The highest BCUT2D eigenvalue weighted by Crippen LogP contribution is 2.28. The predicted molar refractivity (Wildman–Crippen MR) is 94.4 cm³/mol. The second-order valence-electron chi connectivity index (χ2n) is 7.00. The van der Waals surface area contributed by atoms with Crippen LogP contribution in [0.15, 0.2) is 29.3 Å². The number of fused-ring (bicyclic) bond motifs is 2. The highest BCUT2D eigenvalue weighted by molar-refractivity contribution is 5.81. The van der Waals surface area contributed by atoms with Gasteiger partial charge in [-0.1, -0.05) is 25.0 Å². The molecule has 6 nitrogen and oxygen atoms in total. The molecular weight excluding hydrogens is 318 g/mol. The van der Waals surface area contributed by atoms with Gasteiger partial charge in [0.2, 0.25) is 5.91 Å². The van der Waals surface area contributed by atoms with Gasteiger partial charge in [0.1, 0.15) is 6.54 Å². The molecular formula is C19H23N3O3. The van der Waals surface area contributed by atoms with E-state index in [2.05, 4.69) is 4.98 Å². The Morgan fingerprint density at radius 1 is 1.32 bits per heavy atom. The number of rotatable bonds is 2. The van der Waals surface area contributed by atoms with Crippen LogP contribution in [0.5, 0.6) is 0 Å². The van der Waals surface area contributed by atoms with Gasteiger partial charge in [-0.05, 0) is 31.4 Å². The maximum Gasteiger partial charge on any atom is 0.261 e. The second-order valence-corrected chi connectivity index (χ2v) is 7.00. The fraction of sp³-hybridized carbons (Fsp3) is 0.526. The van der Waals surface area contributed by atoms with E-state index in [1.807, 2.05) is 24.0 Å². The van der Waals surface area contributed by atoms with Gasteiger partial charge in [-0.25, -0.2) is 4.98 Å². The second kappa shape index (κ2) is 6.59. The zero-order valence-electron chi connectivity index (χ0n) is 14.5. The topological polar surface area (TPSA) is 64.4 Å².